The van der Waals surface area contributed by atoms with Crippen molar-refractivity contribution in [2.45, 2.75) is 76.2 Å². The summed E-state index contributed by atoms with van der Waals surface area (Å²) in [4.78, 5) is 6.40. The molecule has 0 amide bonds. The molecule has 1 atom stereocenters. The summed E-state index contributed by atoms with van der Waals surface area (Å²) in [5.74, 6) is -0.163. The van der Waals surface area contributed by atoms with Gasteiger partial charge in [0.05, 0.1) is 30.3 Å². The molecule has 1 N–H and O–H groups in total. The van der Waals surface area contributed by atoms with Crippen LogP contribution in [0, 0.1) is 0 Å². The summed E-state index contributed by atoms with van der Waals surface area (Å²) in [6.45, 7) is 9.84. The number of thiocarbonyl (C=S) groups is 1. The van der Waals surface area contributed by atoms with Crippen molar-refractivity contribution in [2.75, 3.05) is 13.2 Å². The molecular weight excluding hydrogens is 480 g/mol. The Morgan fingerprint density at radius 3 is 2.73 bits per heavy atom. The Bertz CT molecular complexity index is 1060. The van der Waals surface area contributed by atoms with Gasteiger partial charge in [-0.15, -0.1) is 0 Å². The van der Waals surface area contributed by atoms with Crippen LogP contribution < -0.4 is 5.32 Å². The summed E-state index contributed by atoms with van der Waals surface area (Å²) in [5, 5.41) is 4.50. The number of imidazole rings is 1. The highest BCUT2D eigenvalue weighted by atomic mass is 35.5. The van der Waals surface area contributed by atoms with E-state index in [1.165, 1.54) is 0 Å². The predicted molar refractivity (Wildman–Crippen MR) is 135 cm³/mol. The zero-order valence-corrected chi connectivity index (χ0v) is 22.0. The van der Waals surface area contributed by atoms with Gasteiger partial charge in [0.2, 0.25) is 15.0 Å². The molecular formula is C23H33ClN4O3S2. The third-order valence-electron chi connectivity index (χ3n) is 5.38. The Labute approximate surface area is 207 Å². The van der Waals surface area contributed by atoms with E-state index in [0.717, 1.165) is 25.1 Å². The zero-order valence-electron chi connectivity index (χ0n) is 19.6. The molecule has 10 heteroatoms. The number of benzene rings is 1. The Hall–Kier alpha value is -1.68. The molecule has 1 aromatic carbocycles. The zero-order chi connectivity index (χ0) is 24.2. The number of hydrogen-bond acceptors (Lipinski definition) is 5. The molecule has 1 aliphatic heterocycles. The van der Waals surface area contributed by atoms with E-state index in [-0.39, 0.29) is 29.1 Å². The predicted octanol–water partition coefficient (Wildman–Crippen LogP) is 4.36. The van der Waals surface area contributed by atoms with E-state index in [9.17, 15) is 8.42 Å². The second-order valence-electron chi connectivity index (χ2n) is 9.00. The molecule has 2 aromatic rings. The summed E-state index contributed by atoms with van der Waals surface area (Å²) in [5.41, 5.74) is 1.42. The summed E-state index contributed by atoms with van der Waals surface area (Å²) in [6, 6.07) is 6.99. The van der Waals surface area contributed by atoms with Crippen LogP contribution in [0.5, 0.6) is 0 Å². The monoisotopic (exact) mass is 512 g/mol. The Morgan fingerprint density at radius 1 is 1.36 bits per heavy atom. The fourth-order valence-corrected chi connectivity index (χ4v) is 6.15. The Kier molecular flexibility index (Phi) is 8.77. The largest absolute Gasteiger partial charge is 0.376 e. The van der Waals surface area contributed by atoms with Crippen LogP contribution in [0.15, 0.2) is 35.6 Å². The van der Waals surface area contributed by atoms with Crippen LogP contribution in [-0.2, 0) is 26.9 Å². The number of nitrogens with one attached hydrogen (secondary N) is 1. The first-order valence-corrected chi connectivity index (χ1v) is 13.7. The Balaban J connectivity index is 1.89. The van der Waals surface area contributed by atoms with Gasteiger partial charge in [-0.25, -0.2) is 13.4 Å². The second-order valence-corrected chi connectivity index (χ2v) is 11.7. The average molecular weight is 513 g/mol. The van der Waals surface area contributed by atoms with Crippen molar-refractivity contribution in [3.8, 4) is 0 Å². The van der Waals surface area contributed by atoms with E-state index < -0.39 is 9.84 Å². The summed E-state index contributed by atoms with van der Waals surface area (Å²) in [6.07, 6.45) is 3.78. The maximum absolute atomic E-state index is 13.3. The van der Waals surface area contributed by atoms with Gasteiger partial charge in [0.1, 0.15) is 0 Å². The van der Waals surface area contributed by atoms with E-state index in [2.05, 4.69) is 15.2 Å². The van der Waals surface area contributed by atoms with E-state index in [0.29, 0.717) is 28.8 Å². The molecule has 1 aliphatic rings. The second kappa shape index (κ2) is 11.2. The van der Waals surface area contributed by atoms with Crippen LogP contribution in [0.3, 0.4) is 0 Å². The standard InChI is InChI=1S/C23H33ClN4O3S2/c1-16(2)26-22(32)27(14-21-9-6-10-31-21)13-20-12-25-23(28(20)17(3)4)33(29,30)15-18-7-5-8-19(24)11-18/h5,7-8,11-12,16-17,21H,6,9-10,13-15H2,1-4H3,(H,26,32)/t21-/m1/s1. The van der Waals surface area contributed by atoms with Gasteiger partial charge in [-0.05, 0) is 70.5 Å². The first-order chi connectivity index (χ1) is 15.6. The first-order valence-electron chi connectivity index (χ1n) is 11.3. The number of halogens is 1. The third kappa shape index (κ3) is 6.91. The van der Waals surface area contributed by atoms with E-state index in [1.807, 2.05) is 27.7 Å². The molecule has 0 saturated carbocycles. The molecule has 182 valence electrons. The van der Waals surface area contributed by atoms with E-state index in [1.54, 1.807) is 35.0 Å². The van der Waals surface area contributed by atoms with Gasteiger partial charge in [0.15, 0.2) is 5.11 Å². The highest BCUT2D eigenvalue weighted by Crippen LogP contribution is 2.24. The lowest BCUT2D eigenvalue weighted by atomic mass is 10.2. The minimum Gasteiger partial charge on any atom is -0.376 e. The fourth-order valence-electron chi connectivity index (χ4n) is 3.97. The van der Waals surface area contributed by atoms with Gasteiger partial charge in [-0.1, -0.05) is 23.7 Å². The van der Waals surface area contributed by atoms with E-state index >= 15 is 0 Å². The summed E-state index contributed by atoms with van der Waals surface area (Å²) >= 11 is 11.7. The average Bonchev–Trinajstić information content (AvgIpc) is 3.36. The summed E-state index contributed by atoms with van der Waals surface area (Å²) < 4.78 is 34.2. The molecule has 1 saturated heterocycles. The molecule has 33 heavy (non-hydrogen) atoms. The molecule has 1 aromatic heterocycles. The normalized spacial score (nSPS) is 16.5. The molecule has 1 fully saturated rings. The van der Waals surface area contributed by atoms with Crippen LogP contribution in [0.2, 0.25) is 5.02 Å². The van der Waals surface area contributed by atoms with Crippen LogP contribution in [0.1, 0.15) is 57.8 Å². The van der Waals surface area contributed by atoms with Crippen LogP contribution in [0.4, 0.5) is 0 Å². The quantitative estimate of drug-likeness (QED) is 0.500. The molecule has 2 heterocycles. The van der Waals surface area contributed by atoms with Crippen molar-refractivity contribution in [3.05, 3.63) is 46.7 Å². The maximum Gasteiger partial charge on any atom is 0.228 e. The summed E-state index contributed by atoms with van der Waals surface area (Å²) in [7, 11) is -3.68. The van der Waals surface area contributed by atoms with Gasteiger partial charge in [-0.3, -0.25) is 0 Å². The number of ether oxygens (including phenoxy) is 1. The lowest BCUT2D eigenvalue weighted by Gasteiger charge is -2.30. The Morgan fingerprint density at radius 2 is 2.12 bits per heavy atom. The first kappa shape index (κ1) is 25.9. The fraction of sp³-hybridized carbons (Fsp3) is 0.565. The molecule has 0 spiro atoms. The molecule has 0 bridgehead atoms. The maximum atomic E-state index is 13.3. The van der Waals surface area contributed by atoms with Crippen LogP contribution >= 0.6 is 23.8 Å². The molecule has 0 radical (unpaired) electrons. The van der Waals surface area contributed by atoms with E-state index in [4.69, 9.17) is 28.6 Å². The number of aromatic nitrogens is 2. The van der Waals surface area contributed by atoms with Crippen molar-refractivity contribution in [1.82, 2.24) is 19.8 Å². The molecule has 3 rings (SSSR count). The lowest BCUT2D eigenvalue weighted by Crippen LogP contribution is -2.45. The highest BCUT2D eigenvalue weighted by molar-refractivity contribution is 7.90. The SMILES string of the molecule is CC(C)NC(=S)N(Cc1cnc(S(=O)(=O)Cc2cccc(Cl)c2)n1C(C)C)C[C@H]1CCCO1. The number of hydrogen-bond donors (Lipinski definition) is 1. The van der Waals surface area contributed by atoms with Crippen molar-refractivity contribution in [2.24, 2.45) is 0 Å². The minimum atomic E-state index is -3.68. The van der Waals surface area contributed by atoms with Crippen molar-refractivity contribution >= 4 is 38.8 Å². The van der Waals surface area contributed by atoms with Crippen molar-refractivity contribution in [3.63, 3.8) is 0 Å². The third-order valence-corrected chi connectivity index (χ3v) is 7.56. The number of nitrogens with zero attached hydrogens (tertiary/aromatic N) is 3. The minimum absolute atomic E-state index is 0.0623. The molecule has 0 unspecified atom stereocenters. The number of sulfone groups is 1. The van der Waals surface area contributed by atoms with Gasteiger partial charge in [0.25, 0.3) is 0 Å². The lowest BCUT2D eigenvalue weighted by molar-refractivity contribution is 0.0890. The number of rotatable bonds is 9. The van der Waals surface area contributed by atoms with Gasteiger partial charge in [0, 0.05) is 30.3 Å². The van der Waals surface area contributed by atoms with Gasteiger partial charge in [-0.2, -0.15) is 0 Å². The molecule has 0 aliphatic carbocycles. The van der Waals surface area contributed by atoms with Crippen LogP contribution in [-0.4, -0.2) is 53.3 Å². The van der Waals surface area contributed by atoms with Crippen LogP contribution in [0.25, 0.3) is 0 Å². The van der Waals surface area contributed by atoms with Gasteiger partial charge >= 0.3 is 0 Å². The smallest absolute Gasteiger partial charge is 0.228 e. The van der Waals surface area contributed by atoms with Crippen molar-refractivity contribution in [1.29, 1.82) is 0 Å². The topological polar surface area (TPSA) is 76.5 Å². The van der Waals surface area contributed by atoms with Gasteiger partial charge < -0.3 is 19.5 Å². The van der Waals surface area contributed by atoms with Crippen molar-refractivity contribution < 1.29 is 13.2 Å². The molecule has 7 nitrogen and oxygen atoms in total. The highest BCUT2D eigenvalue weighted by Gasteiger charge is 2.28.